The summed E-state index contributed by atoms with van der Waals surface area (Å²) in [6.07, 6.45) is 3.27. The highest BCUT2D eigenvalue weighted by Crippen LogP contribution is 2.24. The van der Waals surface area contributed by atoms with Gasteiger partial charge in [0.15, 0.2) is 33.5 Å². The van der Waals surface area contributed by atoms with Crippen LogP contribution in [-0.2, 0) is 29.1 Å². The molecule has 2 aromatic heterocycles. The number of nitrogen functional groups attached to an aromatic ring is 2. The van der Waals surface area contributed by atoms with E-state index in [1.807, 2.05) is 19.1 Å². The maximum absolute atomic E-state index is 13.1. The van der Waals surface area contributed by atoms with Crippen LogP contribution in [0.5, 0.6) is 5.75 Å². The maximum atomic E-state index is 13.1. The summed E-state index contributed by atoms with van der Waals surface area (Å²) < 4.78 is 21.6. The summed E-state index contributed by atoms with van der Waals surface area (Å²) in [7, 11) is 0. The van der Waals surface area contributed by atoms with E-state index in [2.05, 4.69) is 37.4 Å². The molecule has 0 saturated carbocycles. The Kier molecular flexibility index (Phi) is 11.0. The van der Waals surface area contributed by atoms with Gasteiger partial charge in [0.05, 0.1) is 32.4 Å². The number of hydrogen-bond donors (Lipinski definition) is 4. The molecular formula is C28H41ClN7O5+. The SMILES string of the molecule is CCOC(CO)CCCOc1ccc2c(c1)n(CC)c(CNC(=O)c1nc(Cl)c(N)nc1N)[n+]2CC1CCOCC1. The standard InChI is InChI=1S/C28H40ClN7O5/c1-3-35-22-14-19(41-11-5-6-20(17-37)40-4-2)7-8-21(22)36(16-18-9-12-39-13-10-18)23(35)15-32-28(38)24-26(30)34-27(31)25(29)33-24/h7-8,14,18,20,37H,3-6,9-13,15-17H2,1-2H3,(H4-,30,31,32,34,38)/p+1. The van der Waals surface area contributed by atoms with Crippen molar-refractivity contribution in [2.75, 3.05) is 44.5 Å². The summed E-state index contributed by atoms with van der Waals surface area (Å²) in [6, 6.07) is 6.09. The van der Waals surface area contributed by atoms with Gasteiger partial charge in [-0.15, -0.1) is 0 Å². The second-order valence-electron chi connectivity index (χ2n) is 10.0. The largest absolute Gasteiger partial charge is 0.493 e. The van der Waals surface area contributed by atoms with Crippen molar-refractivity contribution in [2.24, 2.45) is 5.92 Å². The van der Waals surface area contributed by atoms with E-state index in [1.54, 1.807) is 0 Å². The molecule has 6 N–H and O–H groups in total. The van der Waals surface area contributed by atoms with Crippen LogP contribution in [0.3, 0.4) is 0 Å². The Balaban J connectivity index is 1.58. The molecule has 0 bridgehead atoms. The fourth-order valence-corrected chi connectivity index (χ4v) is 5.34. The molecule has 224 valence electrons. The fourth-order valence-electron chi connectivity index (χ4n) is 5.21. The van der Waals surface area contributed by atoms with Gasteiger partial charge in [0, 0.05) is 31.8 Å². The van der Waals surface area contributed by atoms with Crippen LogP contribution in [0.1, 0.15) is 55.8 Å². The highest BCUT2D eigenvalue weighted by atomic mass is 35.5. The Labute approximate surface area is 244 Å². The Morgan fingerprint density at radius 2 is 2.05 bits per heavy atom. The van der Waals surface area contributed by atoms with E-state index in [0.717, 1.165) is 68.0 Å². The first-order chi connectivity index (χ1) is 19.9. The van der Waals surface area contributed by atoms with Gasteiger partial charge in [0.2, 0.25) is 0 Å². The lowest BCUT2D eigenvalue weighted by Gasteiger charge is -2.21. The Bertz CT molecular complexity index is 1330. The average molecular weight is 591 g/mol. The molecule has 1 saturated heterocycles. The summed E-state index contributed by atoms with van der Waals surface area (Å²) in [5, 5.41) is 12.3. The number of aryl methyl sites for hydroxylation is 1. The number of carbonyl (C=O) groups excluding carboxylic acids is 1. The molecule has 3 aromatic rings. The molecule has 1 aliphatic heterocycles. The molecule has 1 aromatic carbocycles. The molecule has 1 fully saturated rings. The van der Waals surface area contributed by atoms with Crippen LogP contribution in [-0.4, -0.2) is 64.7 Å². The summed E-state index contributed by atoms with van der Waals surface area (Å²) >= 11 is 6.00. The van der Waals surface area contributed by atoms with E-state index in [4.69, 9.17) is 37.3 Å². The van der Waals surface area contributed by atoms with Crippen LogP contribution in [0, 0.1) is 5.92 Å². The molecule has 4 rings (SSSR count). The first-order valence-corrected chi connectivity index (χ1v) is 14.6. The lowest BCUT2D eigenvalue weighted by atomic mass is 10.0. The van der Waals surface area contributed by atoms with Crippen molar-refractivity contribution in [3.05, 3.63) is 34.9 Å². The van der Waals surface area contributed by atoms with Gasteiger partial charge in [-0.25, -0.2) is 19.1 Å². The van der Waals surface area contributed by atoms with Crippen molar-refractivity contribution in [1.29, 1.82) is 0 Å². The number of imidazole rings is 1. The zero-order valence-corrected chi connectivity index (χ0v) is 24.5. The van der Waals surface area contributed by atoms with Crippen LogP contribution in [0.4, 0.5) is 11.6 Å². The minimum Gasteiger partial charge on any atom is -0.493 e. The second-order valence-corrected chi connectivity index (χ2v) is 10.4. The van der Waals surface area contributed by atoms with Crippen molar-refractivity contribution >= 4 is 40.2 Å². The summed E-state index contributed by atoms with van der Waals surface area (Å²) in [5.41, 5.74) is 13.6. The molecule has 12 nitrogen and oxygen atoms in total. The van der Waals surface area contributed by atoms with Crippen molar-refractivity contribution in [1.82, 2.24) is 19.9 Å². The third-order valence-electron chi connectivity index (χ3n) is 7.32. The van der Waals surface area contributed by atoms with Crippen LogP contribution >= 0.6 is 11.6 Å². The minimum absolute atomic E-state index is 0.000778. The summed E-state index contributed by atoms with van der Waals surface area (Å²) in [5.74, 6) is 1.56. The molecule has 1 atom stereocenters. The lowest BCUT2D eigenvalue weighted by Crippen LogP contribution is -2.44. The number of anilines is 2. The van der Waals surface area contributed by atoms with E-state index in [0.29, 0.717) is 25.7 Å². The molecule has 3 heterocycles. The number of halogens is 1. The van der Waals surface area contributed by atoms with Gasteiger partial charge < -0.3 is 36.1 Å². The number of ether oxygens (including phenoxy) is 3. The second kappa shape index (κ2) is 14.6. The molecule has 0 spiro atoms. The number of aliphatic hydroxyl groups excluding tert-OH is 1. The molecule has 13 heteroatoms. The predicted octanol–water partition coefficient (Wildman–Crippen LogP) is 2.47. The Morgan fingerprint density at radius 3 is 2.76 bits per heavy atom. The maximum Gasteiger partial charge on any atom is 0.277 e. The number of hydrogen-bond acceptors (Lipinski definition) is 9. The monoisotopic (exact) mass is 590 g/mol. The number of carbonyl (C=O) groups is 1. The van der Waals surface area contributed by atoms with Crippen LogP contribution in [0.2, 0.25) is 5.15 Å². The van der Waals surface area contributed by atoms with Crippen LogP contribution < -0.4 is 26.1 Å². The molecule has 1 amide bonds. The van der Waals surface area contributed by atoms with Crippen LogP contribution in [0.25, 0.3) is 11.0 Å². The minimum atomic E-state index is -0.486. The van der Waals surface area contributed by atoms with Gasteiger partial charge in [-0.2, -0.15) is 0 Å². The smallest absolute Gasteiger partial charge is 0.277 e. The number of aliphatic hydroxyl groups is 1. The molecule has 41 heavy (non-hydrogen) atoms. The summed E-state index contributed by atoms with van der Waals surface area (Å²) in [4.78, 5) is 21.0. The molecule has 1 unspecified atom stereocenters. The normalized spacial score (nSPS) is 14.8. The molecule has 0 radical (unpaired) electrons. The zero-order valence-electron chi connectivity index (χ0n) is 23.8. The number of nitrogens with two attached hydrogens (primary N) is 2. The quantitative estimate of drug-likeness (QED) is 0.163. The Morgan fingerprint density at radius 1 is 1.27 bits per heavy atom. The van der Waals surface area contributed by atoms with Gasteiger partial charge in [0.1, 0.15) is 12.3 Å². The molecule has 1 aliphatic rings. The number of rotatable bonds is 14. The molecular weight excluding hydrogens is 550 g/mol. The first kappa shape index (κ1) is 30.8. The van der Waals surface area contributed by atoms with Gasteiger partial charge in [-0.1, -0.05) is 11.6 Å². The number of fused-ring (bicyclic) bond motifs is 1. The van der Waals surface area contributed by atoms with E-state index in [9.17, 15) is 9.90 Å². The van der Waals surface area contributed by atoms with Gasteiger partial charge in [-0.3, -0.25) is 4.79 Å². The predicted molar refractivity (Wildman–Crippen MR) is 156 cm³/mol. The third-order valence-corrected chi connectivity index (χ3v) is 7.60. The highest BCUT2D eigenvalue weighted by molar-refractivity contribution is 6.31. The van der Waals surface area contributed by atoms with E-state index in [1.165, 1.54) is 0 Å². The lowest BCUT2D eigenvalue weighted by molar-refractivity contribution is -0.687. The van der Waals surface area contributed by atoms with E-state index in [-0.39, 0.29) is 41.7 Å². The van der Waals surface area contributed by atoms with Gasteiger partial charge in [-0.05, 0) is 51.7 Å². The van der Waals surface area contributed by atoms with Gasteiger partial charge in [0.25, 0.3) is 11.7 Å². The number of aromatic nitrogens is 4. The van der Waals surface area contributed by atoms with Crippen LogP contribution in [0.15, 0.2) is 18.2 Å². The molecule has 0 aliphatic carbocycles. The number of amides is 1. The number of benzene rings is 1. The van der Waals surface area contributed by atoms with Crippen molar-refractivity contribution < 1.29 is 28.7 Å². The van der Waals surface area contributed by atoms with Crippen molar-refractivity contribution in [3.63, 3.8) is 0 Å². The number of nitrogens with one attached hydrogen (secondary N) is 1. The van der Waals surface area contributed by atoms with Gasteiger partial charge >= 0.3 is 0 Å². The highest BCUT2D eigenvalue weighted by Gasteiger charge is 2.29. The van der Waals surface area contributed by atoms with E-state index < -0.39 is 5.91 Å². The third kappa shape index (κ3) is 7.56. The zero-order chi connectivity index (χ0) is 29.4. The number of nitrogens with zero attached hydrogens (tertiary/aromatic N) is 4. The van der Waals surface area contributed by atoms with Crippen molar-refractivity contribution in [3.8, 4) is 5.75 Å². The average Bonchev–Trinajstić information content (AvgIpc) is 3.27. The fraction of sp³-hybridized carbons (Fsp3) is 0.571. The summed E-state index contributed by atoms with van der Waals surface area (Å²) in [6.45, 7) is 8.30. The van der Waals surface area contributed by atoms with E-state index >= 15 is 0 Å². The first-order valence-electron chi connectivity index (χ1n) is 14.2. The Hall–Kier alpha value is -3.19. The van der Waals surface area contributed by atoms with Crippen molar-refractivity contribution in [2.45, 2.75) is 65.3 Å². The topological polar surface area (TPSA) is 164 Å².